The maximum atomic E-state index is 4.78. The Bertz CT molecular complexity index is 1230. The van der Waals surface area contributed by atoms with Gasteiger partial charge in [0.1, 0.15) is 5.82 Å². The molecule has 0 saturated carbocycles. The van der Waals surface area contributed by atoms with Crippen molar-refractivity contribution < 1.29 is 0 Å². The highest BCUT2D eigenvalue weighted by Crippen LogP contribution is 2.43. The van der Waals surface area contributed by atoms with Crippen molar-refractivity contribution in [3.63, 3.8) is 0 Å². The minimum atomic E-state index is 0.840. The minimum Gasteiger partial charge on any atom is -0.237 e. The molecule has 3 heteroatoms. The van der Waals surface area contributed by atoms with E-state index in [1.807, 2.05) is 18.3 Å². The second-order valence-corrected chi connectivity index (χ2v) is 6.95. The first-order chi connectivity index (χ1) is 11.2. The zero-order valence-corrected chi connectivity index (χ0v) is 13.7. The summed E-state index contributed by atoms with van der Waals surface area (Å²) in [5.74, 6) is 0.840. The topological polar surface area (TPSA) is 25.8 Å². The van der Waals surface area contributed by atoms with Gasteiger partial charge in [-0.3, -0.25) is 0 Å². The number of thiophene rings is 1. The Morgan fingerprint density at radius 1 is 0.696 bits per heavy atom. The molecule has 0 fully saturated rings. The average Bonchev–Trinajstić information content (AvgIpc) is 2.95. The Morgan fingerprint density at radius 3 is 2.04 bits per heavy atom. The van der Waals surface area contributed by atoms with Gasteiger partial charge in [-0.1, -0.05) is 48.5 Å². The van der Waals surface area contributed by atoms with Crippen LogP contribution in [0.5, 0.6) is 0 Å². The van der Waals surface area contributed by atoms with Crippen molar-refractivity contribution in [2.45, 2.75) is 13.8 Å². The van der Waals surface area contributed by atoms with Crippen LogP contribution in [0.1, 0.15) is 11.5 Å². The van der Waals surface area contributed by atoms with Crippen LogP contribution in [-0.2, 0) is 0 Å². The molecule has 3 aromatic carbocycles. The molecular formula is C20H14N2S. The van der Waals surface area contributed by atoms with Crippen molar-refractivity contribution in [1.82, 2.24) is 9.97 Å². The highest BCUT2D eigenvalue weighted by atomic mass is 32.1. The van der Waals surface area contributed by atoms with Crippen molar-refractivity contribution in [3.8, 4) is 0 Å². The molecule has 0 radical (unpaired) electrons. The Hall–Kier alpha value is -2.52. The number of hydrogen-bond acceptors (Lipinski definition) is 3. The van der Waals surface area contributed by atoms with Crippen molar-refractivity contribution in [2.75, 3.05) is 0 Å². The fraction of sp³-hybridized carbons (Fsp3) is 0.100. The zero-order valence-electron chi connectivity index (χ0n) is 12.9. The van der Waals surface area contributed by atoms with Crippen LogP contribution in [-0.4, -0.2) is 9.97 Å². The Labute approximate surface area is 137 Å². The van der Waals surface area contributed by atoms with Gasteiger partial charge in [0.05, 0.1) is 15.9 Å². The summed E-state index contributed by atoms with van der Waals surface area (Å²) in [6, 6.07) is 17.3. The number of hydrogen-bond donors (Lipinski definition) is 0. The molecular weight excluding hydrogens is 300 g/mol. The molecule has 0 N–H and O–H groups in total. The molecule has 0 aliphatic rings. The number of nitrogens with zero attached hydrogens (tertiary/aromatic N) is 2. The molecule has 23 heavy (non-hydrogen) atoms. The molecule has 0 unspecified atom stereocenters. The fourth-order valence-corrected chi connectivity index (χ4v) is 4.78. The second kappa shape index (κ2) is 4.49. The van der Waals surface area contributed by atoms with Gasteiger partial charge in [-0.05, 0) is 30.0 Å². The number of aryl methyl sites for hydroxylation is 2. The molecule has 2 nitrogen and oxygen atoms in total. The SMILES string of the molecule is Cc1nc(C)c2sc3c4ccccc4c4ccccc4c3c2n1. The standard InChI is InChI=1S/C20H14N2S/c1-11-19-18(22-12(2)21-11)17-15-9-5-3-7-13(15)14-8-4-6-10-16(14)20(17)23-19/h3-10H,1-2H3. The van der Waals surface area contributed by atoms with Gasteiger partial charge in [0, 0.05) is 15.5 Å². The molecule has 0 aliphatic carbocycles. The smallest absolute Gasteiger partial charge is 0.126 e. The lowest BCUT2D eigenvalue weighted by Crippen LogP contribution is -1.90. The van der Waals surface area contributed by atoms with E-state index in [-0.39, 0.29) is 0 Å². The van der Waals surface area contributed by atoms with Gasteiger partial charge in [0.15, 0.2) is 0 Å². The van der Waals surface area contributed by atoms with Crippen LogP contribution in [0.15, 0.2) is 48.5 Å². The summed E-state index contributed by atoms with van der Waals surface area (Å²) in [7, 11) is 0. The third kappa shape index (κ3) is 1.68. The first-order valence-corrected chi connectivity index (χ1v) is 8.52. The maximum Gasteiger partial charge on any atom is 0.126 e. The summed E-state index contributed by atoms with van der Waals surface area (Å²) < 4.78 is 2.52. The van der Waals surface area contributed by atoms with Crippen molar-refractivity contribution in [3.05, 3.63) is 60.0 Å². The largest absolute Gasteiger partial charge is 0.237 e. The van der Waals surface area contributed by atoms with Crippen molar-refractivity contribution in [1.29, 1.82) is 0 Å². The summed E-state index contributed by atoms with van der Waals surface area (Å²) in [6.45, 7) is 4.05. The number of benzene rings is 3. The van der Waals surface area contributed by atoms with E-state index >= 15 is 0 Å². The lowest BCUT2D eigenvalue weighted by molar-refractivity contribution is 1.06. The second-order valence-electron chi connectivity index (χ2n) is 5.93. The molecule has 0 bridgehead atoms. The van der Waals surface area contributed by atoms with Crippen LogP contribution < -0.4 is 0 Å². The number of aromatic nitrogens is 2. The lowest BCUT2D eigenvalue weighted by atomic mass is 9.98. The molecule has 0 amide bonds. The highest BCUT2D eigenvalue weighted by Gasteiger charge is 2.16. The van der Waals surface area contributed by atoms with E-state index in [1.165, 1.54) is 36.3 Å². The van der Waals surface area contributed by atoms with Crippen LogP contribution in [0.2, 0.25) is 0 Å². The zero-order chi connectivity index (χ0) is 15.6. The molecule has 0 atom stereocenters. The monoisotopic (exact) mass is 314 g/mol. The van der Waals surface area contributed by atoms with Crippen LogP contribution in [0.25, 0.3) is 41.8 Å². The third-order valence-corrected chi connectivity index (χ3v) is 5.79. The maximum absolute atomic E-state index is 4.78. The first kappa shape index (κ1) is 13.0. The predicted octanol–water partition coefficient (Wildman–Crippen LogP) is 5.77. The molecule has 2 heterocycles. The van der Waals surface area contributed by atoms with Crippen LogP contribution >= 0.6 is 11.3 Å². The molecule has 0 aliphatic heterocycles. The first-order valence-electron chi connectivity index (χ1n) is 7.71. The summed E-state index contributed by atoms with van der Waals surface area (Å²) in [4.78, 5) is 9.34. The van der Waals surface area contributed by atoms with E-state index in [1.54, 1.807) is 0 Å². The van der Waals surface area contributed by atoms with E-state index in [0.717, 1.165) is 17.0 Å². The lowest BCUT2D eigenvalue weighted by Gasteiger charge is -2.06. The van der Waals surface area contributed by atoms with Crippen LogP contribution in [0, 0.1) is 13.8 Å². The van der Waals surface area contributed by atoms with Crippen LogP contribution in [0.4, 0.5) is 0 Å². The summed E-state index contributed by atoms with van der Waals surface area (Å²) in [5, 5.41) is 6.47. The fourth-order valence-electron chi connectivity index (χ4n) is 3.55. The highest BCUT2D eigenvalue weighted by molar-refractivity contribution is 7.27. The van der Waals surface area contributed by atoms with Gasteiger partial charge in [0.25, 0.3) is 0 Å². The van der Waals surface area contributed by atoms with E-state index in [0.29, 0.717) is 0 Å². The van der Waals surface area contributed by atoms with E-state index in [4.69, 9.17) is 4.98 Å². The van der Waals surface area contributed by atoms with Gasteiger partial charge >= 0.3 is 0 Å². The molecule has 2 aromatic heterocycles. The summed E-state index contributed by atoms with van der Waals surface area (Å²) >= 11 is 1.82. The number of fused-ring (bicyclic) bond motifs is 8. The Balaban J connectivity index is 2.22. The van der Waals surface area contributed by atoms with Gasteiger partial charge < -0.3 is 0 Å². The van der Waals surface area contributed by atoms with Crippen molar-refractivity contribution >= 4 is 53.2 Å². The predicted molar refractivity (Wildman–Crippen MR) is 99.4 cm³/mol. The molecule has 110 valence electrons. The normalized spacial score (nSPS) is 11.9. The van der Waals surface area contributed by atoms with Gasteiger partial charge in [-0.25, -0.2) is 9.97 Å². The molecule has 0 spiro atoms. The molecule has 5 aromatic rings. The molecule has 0 saturated heterocycles. The molecule has 5 rings (SSSR count). The quantitative estimate of drug-likeness (QED) is 0.339. The Kier molecular flexibility index (Phi) is 2.53. The Morgan fingerprint density at radius 2 is 1.30 bits per heavy atom. The van der Waals surface area contributed by atoms with E-state index < -0.39 is 0 Å². The third-order valence-electron chi connectivity index (χ3n) is 4.47. The van der Waals surface area contributed by atoms with Gasteiger partial charge in [0.2, 0.25) is 0 Å². The van der Waals surface area contributed by atoms with Gasteiger partial charge in [-0.2, -0.15) is 0 Å². The average molecular weight is 314 g/mol. The van der Waals surface area contributed by atoms with Crippen LogP contribution in [0.3, 0.4) is 0 Å². The summed E-state index contributed by atoms with van der Waals surface area (Å²) in [6.07, 6.45) is 0. The van der Waals surface area contributed by atoms with Gasteiger partial charge in [-0.15, -0.1) is 11.3 Å². The van der Waals surface area contributed by atoms with E-state index in [9.17, 15) is 0 Å². The minimum absolute atomic E-state index is 0.840. The van der Waals surface area contributed by atoms with E-state index in [2.05, 4.69) is 60.4 Å². The number of rotatable bonds is 0. The summed E-state index contributed by atoms with van der Waals surface area (Å²) in [5.41, 5.74) is 2.17. The van der Waals surface area contributed by atoms with Crippen molar-refractivity contribution in [2.24, 2.45) is 0 Å².